The largest absolute Gasteiger partial charge is 0.490 e. The fourth-order valence-electron chi connectivity index (χ4n) is 3.75. The summed E-state index contributed by atoms with van der Waals surface area (Å²) in [6.07, 6.45) is 2.97. The Labute approximate surface area is 206 Å². The van der Waals surface area contributed by atoms with Crippen molar-refractivity contribution < 1.29 is 19.0 Å². The van der Waals surface area contributed by atoms with E-state index in [2.05, 4.69) is 37.9 Å². The first kappa shape index (κ1) is 23.6. The number of anilines is 1. The molecule has 1 atom stereocenters. The maximum Gasteiger partial charge on any atom is 0.338 e. The predicted molar refractivity (Wildman–Crippen MR) is 132 cm³/mol. The topological polar surface area (TPSA) is 87.5 Å². The van der Waals surface area contributed by atoms with Crippen LogP contribution >= 0.6 is 15.9 Å². The van der Waals surface area contributed by atoms with Gasteiger partial charge in [-0.2, -0.15) is 10.1 Å². The lowest BCUT2D eigenvalue weighted by Gasteiger charge is -2.29. The maximum atomic E-state index is 13.0. The molecule has 1 aromatic heterocycles. The number of carbonyl (C=O) groups is 1. The Kier molecular flexibility index (Phi) is 7.32. The number of halogens is 1. The first-order valence-corrected chi connectivity index (χ1v) is 11.6. The number of esters is 1. The molecule has 0 amide bonds. The summed E-state index contributed by atoms with van der Waals surface area (Å²) in [6, 6.07) is 13.1. The molecular formula is C25H25BrN4O4. The number of hydrogen-bond donors (Lipinski definition) is 1. The van der Waals surface area contributed by atoms with Crippen LogP contribution in [0, 0.1) is 0 Å². The van der Waals surface area contributed by atoms with E-state index in [-0.39, 0.29) is 6.61 Å². The van der Waals surface area contributed by atoms with E-state index in [0.717, 1.165) is 11.1 Å². The summed E-state index contributed by atoms with van der Waals surface area (Å²) in [5.74, 6) is 1.20. The average molecular weight is 525 g/mol. The minimum atomic E-state index is -0.574. The second kappa shape index (κ2) is 10.6. The van der Waals surface area contributed by atoms with Gasteiger partial charge in [0.05, 0.1) is 16.7 Å². The van der Waals surface area contributed by atoms with Gasteiger partial charge in [0.25, 0.3) is 0 Å². The van der Waals surface area contributed by atoms with Crippen molar-refractivity contribution in [3.63, 3.8) is 0 Å². The van der Waals surface area contributed by atoms with Gasteiger partial charge >= 0.3 is 5.97 Å². The van der Waals surface area contributed by atoms with E-state index in [1.54, 1.807) is 4.68 Å². The van der Waals surface area contributed by atoms with Crippen molar-refractivity contribution in [1.29, 1.82) is 0 Å². The predicted octanol–water partition coefficient (Wildman–Crippen LogP) is 5.04. The Bertz CT molecular complexity index is 1220. The van der Waals surface area contributed by atoms with E-state index in [1.807, 2.05) is 56.3 Å². The molecule has 1 aliphatic heterocycles. The zero-order chi connectivity index (χ0) is 24.1. The number of rotatable bonds is 9. The number of hydrogen-bond acceptors (Lipinski definition) is 7. The van der Waals surface area contributed by atoms with Crippen LogP contribution in [-0.2, 0) is 16.1 Å². The summed E-state index contributed by atoms with van der Waals surface area (Å²) in [5.41, 5.74) is 2.86. The standard InChI is InChI=1S/C25H25BrN4O4/c1-4-11-33-24(31)21-16(3)29-25-27-15-28-30(25)22(21)18-12-19(26)23(20(13-18)32-5-2)34-14-17-9-7-6-8-10-17/h4,6-10,12-13,15,22H,1,5,11,14H2,2-3H3,(H,27,28,29). The third kappa shape index (κ3) is 4.84. The minimum Gasteiger partial charge on any atom is -0.490 e. The smallest absolute Gasteiger partial charge is 0.338 e. The van der Waals surface area contributed by atoms with Crippen molar-refractivity contribution in [2.45, 2.75) is 26.5 Å². The van der Waals surface area contributed by atoms with Gasteiger partial charge in [-0.1, -0.05) is 43.0 Å². The van der Waals surface area contributed by atoms with Gasteiger partial charge in [-0.15, -0.1) is 0 Å². The molecule has 1 unspecified atom stereocenters. The summed E-state index contributed by atoms with van der Waals surface area (Å²) in [6.45, 7) is 8.28. The van der Waals surface area contributed by atoms with Crippen molar-refractivity contribution in [1.82, 2.24) is 14.8 Å². The first-order valence-electron chi connectivity index (χ1n) is 10.8. The van der Waals surface area contributed by atoms with Crippen LogP contribution in [0.25, 0.3) is 0 Å². The van der Waals surface area contributed by atoms with Crippen molar-refractivity contribution >= 4 is 27.8 Å². The summed E-state index contributed by atoms with van der Waals surface area (Å²) in [7, 11) is 0. The molecule has 0 aliphatic carbocycles. The van der Waals surface area contributed by atoms with Crippen LogP contribution in [0.1, 0.15) is 31.0 Å². The molecule has 34 heavy (non-hydrogen) atoms. The van der Waals surface area contributed by atoms with Crippen LogP contribution in [0.15, 0.2) is 77.2 Å². The third-order valence-electron chi connectivity index (χ3n) is 5.22. The molecule has 1 N–H and O–H groups in total. The van der Waals surface area contributed by atoms with Crippen LogP contribution in [0.2, 0.25) is 0 Å². The Morgan fingerprint density at radius 3 is 2.79 bits per heavy atom. The van der Waals surface area contributed by atoms with Crippen molar-refractivity contribution in [2.24, 2.45) is 0 Å². The van der Waals surface area contributed by atoms with E-state index in [9.17, 15) is 4.79 Å². The lowest BCUT2D eigenvalue weighted by molar-refractivity contribution is -0.138. The molecule has 4 rings (SSSR count). The molecule has 0 fully saturated rings. The molecule has 1 aliphatic rings. The number of carbonyl (C=O) groups excluding carboxylic acids is 1. The Morgan fingerprint density at radius 1 is 1.26 bits per heavy atom. The second-order valence-corrected chi connectivity index (χ2v) is 8.37. The number of aromatic nitrogens is 3. The summed E-state index contributed by atoms with van der Waals surface area (Å²) >= 11 is 3.64. The van der Waals surface area contributed by atoms with Crippen LogP contribution in [0.4, 0.5) is 5.95 Å². The minimum absolute atomic E-state index is 0.104. The molecule has 0 saturated heterocycles. The quantitative estimate of drug-likeness (QED) is 0.310. The molecule has 3 aromatic rings. The molecule has 2 aromatic carbocycles. The average Bonchev–Trinajstić information content (AvgIpc) is 3.29. The number of nitrogens with zero attached hydrogens (tertiary/aromatic N) is 3. The van der Waals surface area contributed by atoms with E-state index in [4.69, 9.17) is 14.2 Å². The van der Waals surface area contributed by atoms with Crippen LogP contribution in [-0.4, -0.2) is 33.9 Å². The van der Waals surface area contributed by atoms with Gasteiger partial charge in [0.15, 0.2) is 11.5 Å². The SMILES string of the molecule is C=CCOC(=O)C1=C(C)Nc2ncnn2C1c1cc(Br)c(OCc2ccccc2)c(OCC)c1. The Balaban J connectivity index is 1.75. The Morgan fingerprint density at radius 2 is 2.06 bits per heavy atom. The maximum absolute atomic E-state index is 13.0. The molecule has 8 nitrogen and oxygen atoms in total. The number of ether oxygens (including phenoxy) is 3. The highest BCUT2D eigenvalue weighted by Crippen LogP contribution is 2.43. The zero-order valence-corrected chi connectivity index (χ0v) is 20.5. The number of benzene rings is 2. The van der Waals surface area contributed by atoms with Gasteiger partial charge in [-0.05, 0) is 53.0 Å². The van der Waals surface area contributed by atoms with Crippen molar-refractivity contribution in [3.8, 4) is 11.5 Å². The molecule has 2 heterocycles. The molecule has 0 spiro atoms. The van der Waals surface area contributed by atoms with E-state index in [0.29, 0.717) is 46.4 Å². The normalized spacial score (nSPS) is 14.7. The molecule has 0 bridgehead atoms. The molecular weight excluding hydrogens is 500 g/mol. The fraction of sp³-hybridized carbons (Fsp3) is 0.240. The van der Waals surface area contributed by atoms with Crippen molar-refractivity contribution in [2.75, 3.05) is 18.5 Å². The van der Waals surface area contributed by atoms with Gasteiger partial charge in [-0.3, -0.25) is 0 Å². The van der Waals surface area contributed by atoms with Gasteiger partial charge in [-0.25, -0.2) is 9.48 Å². The summed E-state index contributed by atoms with van der Waals surface area (Å²) in [5, 5.41) is 7.49. The van der Waals surface area contributed by atoms with E-state index >= 15 is 0 Å². The van der Waals surface area contributed by atoms with E-state index < -0.39 is 12.0 Å². The molecule has 0 saturated carbocycles. The first-order chi connectivity index (χ1) is 16.5. The van der Waals surface area contributed by atoms with Gasteiger partial charge < -0.3 is 19.5 Å². The summed E-state index contributed by atoms with van der Waals surface area (Å²) in [4.78, 5) is 17.3. The highest BCUT2D eigenvalue weighted by molar-refractivity contribution is 9.10. The van der Waals surface area contributed by atoms with Gasteiger partial charge in [0.2, 0.25) is 5.95 Å². The number of fused-ring (bicyclic) bond motifs is 1. The van der Waals surface area contributed by atoms with Gasteiger partial charge in [0, 0.05) is 5.70 Å². The van der Waals surface area contributed by atoms with Crippen LogP contribution < -0.4 is 14.8 Å². The second-order valence-electron chi connectivity index (χ2n) is 7.52. The van der Waals surface area contributed by atoms with Gasteiger partial charge in [0.1, 0.15) is 25.6 Å². The lowest BCUT2D eigenvalue weighted by atomic mass is 9.95. The fourth-order valence-corrected chi connectivity index (χ4v) is 4.33. The summed E-state index contributed by atoms with van der Waals surface area (Å²) < 4.78 is 19.8. The number of allylic oxidation sites excluding steroid dienone is 1. The lowest BCUT2D eigenvalue weighted by Crippen LogP contribution is -2.29. The molecule has 0 radical (unpaired) electrons. The molecule has 9 heteroatoms. The third-order valence-corrected chi connectivity index (χ3v) is 5.81. The van der Waals surface area contributed by atoms with Crippen molar-refractivity contribution in [3.05, 3.63) is 88.3 Å². The van der Waals surface area contributed by atoms with E-state index in [1.165, 1.54) is 12.4 Å². The highest BCUT2D eigenvalue weighted by Gasteiger charge is 2.35. The Hall–Kier alpha value is -3.59. The number of nitrogens with one attached hydrogen (secondary N) is 1. The highest BCUT2D eigenvalue weighted by atomic mass is 79.9. The zero-order valence-electron chi connectivity index (χ0n) is 19.0. The monoisotopic (exact) mass is 524 g/mol. The molecule has 176 valence electrons. The van der Waals surface area contributed by atoms with Crippen LogP contribution in [0.5, 0.6) is 11.5 Å². The van der Waals surface area contributed by atoms with Crippen LogP contribution in [0.3, 0.4) is 0 Å².